The number of halogens is 2. The van der Waals surface area contributed by atoms with Gasteiger partial charge in [0.15, 0.2) is 11.6 Å². The number of aryl methyl sites for hydroxylation is 1. The van der Waals surface area contributed by atoms with Gasteiger partial charge in [0.2, 0.25) is 0 Å². The molecule has 0 bridgehead atoms. The minimum atomic E-state index is -1.02. The average Bonchev–Trinajstić information content (AvgIpc) is 2.82. The Bertz CT molecular complexity index is 744. The molecule has 0 saturated carbocycles. The Morgan fingerprint density at radius 1 is 1.33 bits per heavy atom. The summed E-state index contributed by atoms with van der Waals surface area (Å²) in [4.78, 5) is 13.1. The number of thiophene rings is 1. The highest BCUT2D eigenvalue weighted by Gasteiger charge is 2.12. The van der Waals surface area contributed by atoms with Crippen molar-refractivity contribution in [2.24, 2.45) is 0 Å². The van der Waals surface area contributed by atoms with Gasteiger partial charge in [-0.2, -0.15) is 0 Å². The summed E-state index contributed by atoms with van der Waals surface area (Å²) in [7, 11) is 0. The van der Waals surface area contributed by atoms with Gasteiger partial charge in [-0.15, -0.1) is 11.3 Å². The molecule has 1 amide bonds. The molecule has 3 nitrogen and oxygen atoms in total. The molecule has 21 heavy (non-hydrogen) atoms. The predicted octanol–water partition coefficient (Wildman–Crippen LogP) is 2.93. The Morgan fingerprint density at radius 3 is 2.76 bits per heavy atom. The number of amides is 1. The molecule has 2 N–H and O–H groups in total. The Hall–Kier alpha value is -2.23. The van der Waals surface area contributed by atoms with Crippen LogP contribution >= 0.6 is 11.3 Å². The van der Waals surface area contributed by atoms with Gasteiger partial charge in [0.1, 0.15) is 6.61 Å². The molecule has 1 aromatic heterocycles. The van der Waals surface area contributed by atoms with Crippen molar-refractivity contribution in [3.05, 3.63) is 51.2 Å². The molecule has 0 saturated heterocycles. The fourth-order valence-corrected chi connectivity index (χ4v) is 2.55. The second-order valence-corrected chi connectivity index (χ2v) is 5.22. The first-order valence-corrected chi connectivity index (χ1v) is 6.79. The molecule has 6 heteroatoms. The van der Waals surface area contributed by atoms with Crippen molar-refractivity contribution in [3.63, 3.8) is 0 Å². The van der Waals surface area contributed by atoms with Crippen molar-refractivity contribution >= 4 is 22.9 Å². The third kappa shape index (κ3) is 3.66. The highest BCUT2D eigenvalue weighted by molar-refractivity contribution is 7.14. The minimum Gasteiger partial charge on any atom is -0.384 e. The van der Waals surface area contributed by atoms with Crippen LogP contribution in [0, 0.1) is 30.4 Å². The van der Waals surface area contributed by atoms with Gasteiger partial charge in [-0.05, 0) is 30.7 Å². The number of carbonyl (C=O) groups excluding carboxylic acids is 1. The number of hydrogen-bond donors (Lipinski definition) is 2. The van der Waals surface area contributed by atoms with E-state index in [9.17, 15) is 13.6 Å². The SMILES string of the molecule is Cc1cc(C(=O)Nc2ccc(F)c(F)c2)sc1C#CCO. The molecule has 0 radical (unpaired) electrons. The van der Waals surface area contributed by atoms with E-state index in [2.05, 4.69) is 17.2 Å². The van der Waals surface area contributed by atoms with E-state index in [0.29, 0.717) is 9.75 Å². The topological polar surface area (TPSA) is 49.3 Å². The number of carbonyl (C=O) groups is 1. The minimum absolute atomic E-state index is 0.174. The zero-order valence-electron chi connectivity index (χ0n) is 11.0. The largest absolute Gasteiger partial charge is 0.384 e. The Labute approximate surface area is 124 Å². The van der Waals surface area contributed by atoms with Crippen molar-refractivity contribution in [3.8, 4) is 11.8 Å². The van der Waals surface area contributed by atoms with Crippen LogP contribution in [0.5, 0.6) is 0 Å². The predicted molar refractivity (Wildman–Crippen MR) is 77.3 cm³/mol. The third-order valence-electron chi connectivity index (χ3n) is 2.60. The van der Waals surface area contributed by atoms with Crippen LogP contribution in [0.4, 0.5) is 14.5 Å². The van der Waals surface area contributed by atoms with Gasteiger partial charge in [-0.25, -0.2) is 8.78 Å². The number of benzene rings is 1. The molecule has 2 aromatic rings. The fourth-order valence-electron chi connectivity index (χ4n) is 1.60. The first kappa shape index (κ1) is 15.2. The first-order chi connectivity index (χ1) is 10.0. The van der Waals surface area contributed by atoms with E-state index in [4.69, 9.17) is 5.11 Å². The Kier molecular flexibility index (Phi) is 4.68. The van der Waals surface area contributed by atoms with Gasteiger partial charge < -0.3 is 10.4 Å². The van der Waals surface area contributed by atoms with E-state index in [1.54, 1.807) is 13.0 Å². The normalized spacial score (nSPS) is 9.90. The second-order valence-electron chi connectivity index (χ2n) is 4.17. The van der Waals surface area contributed by atoms with E-state index in [1.165, 1.54) is 17.4 Å². The Balaban J connectivity index is 2.18. The Morgan fingerprint density at radius 2 is 2.10 bits per heavy atom. The molecule has 0 unspecified atom stereocenters. The number of aliphatic hydroxyl groups is 1. The number of hydrogen-bond acceptors (Lipinski definition) is 3. The maximum Gasteiger partial charge on any atom is 0.265 e. The smallest absolute Gasteiger partial charge is 0.265 e. The van der Waals surface area contributed by atoms with Crippen LogP contribution in [0.1, 0.15) is 20.1 Å². The van der Waals surface area contributed by atoms with Crippen molar-refractivity contribution < 1.29 is 18.7 Å². The summed E-state index contributed by atoms with van der Waals surface area (Å²) in [6, 6.07) is 4.80. The summed E-state index contributed by atoms with van der Waals surface area (Å²) < 4.78 is 25.9. The standard InChI is InChI=1S/C15H11F2NO2S/c1-9-7-14(21-13(9)3-2-6-19)15(20)18-10-4-5-11(16)12(17)8-10/h4-5,7-8,19H,6H2,1H3,(H,18,20). The first-order valence-electron chi connectivity index (χ1n) is 5.98. The lowest BCUT2D eigenvalue weighted by Crippen LogP contribution is -2.10. The molecule has 1 aromatic carbocycles. The van der Waals surface area contributed by atoms with Crippen molar-refractivity contribution in [1.82, 2.24) is 0 Å². The van der Waals surface area contributed by atoms with Crippen LogP contribution < -0.4 is 5.32 Å². The average molecular weight is 307 g/mol. The molecule has 108 valence electrons. The third-order valence-corrected chi connectivity index (χ3v) is 3.75. The summed E-state index contributed by atoms with van der Waals surface area (Å²) in [6.45, 7) is 1.54. The van der Waals surface area contributed by atoms with E-state index < -0.39 is 17.5 Å². The molecule has 2 rings (SSSR count). The molecule has 0 spiro atoms. The van der Waals surface area contributed by atoms with Gasteiger partial charge in [-0.3, -0.25) is 4.79 Å². The van der Waals surface area contributed by atoms with Gasteiger partial charge >= 0.3 is 0 Å². The summed E-state index contributed by atoms with van der Waals surface area (Å²) in [5, 5.41) is 11.2. The fraction of sp³-hybridized carbons (Fsp3) is 0.133. The second kappa shape index (κ2) is 6.48. The van der Waals surface area contributed by atoms with Crippen LogP contribution in [0.25, 0.3) is 0 Å². The number of aliphatic hydroxyl groups excluding tert-OH is 1. The summed E-state index contributed by atoms with van der Waals surface area (Å²) in [5.74, 6) is 2.84. The van der Waals surface area contributed by atoms with Gasteiger partial charge in [0.05, 0.1) is 9.75 Å². The van der Waals surface area contributed by atoms with Crippen LogP contribution in [-0.2, 0) is 0 Å². The number of anilines is 1. The van der Waals surface area contributed by atoms with Gasteiger partial charge in [0, 0.05) is 11.8 Å². The number of nitrogens with one attached hydrogen (secondary N) is 1. The van der Waals surface area contributed by atoms with Crippen LogP contribution in [0.3, 0.4) is 0 Å². The molecule has 0 aliphatic carbocycles. The van der Waals surface area contributed by atoms with E-state index in [-0.39, 0.29) is 12.3 Å². The van der Waals surface area contributed by atoms with E-state index >= 15 is 0 Å². The number of rotatable bonds is 2. The summed E-state index contributed by atoms with van der Waals surface area (Å²) >= 11 is 1.17. The molecule has 1 heterocycles. The van der Waals surface area contributed by atoms with Crippen molar-refractivity contribution in [1.29, 1.82) is 0 Å². The van der Waals surface area contributed by atoms with Gasteiger partial charge in [-0.1, -0.05) is 11.8 Å². The lowest BCUT2D eigenvalue weighted by molar-refractivity contribution is 0.103. The van der Waals surface area contributed by atoms with Crippen LogP contribution in [-0.4, -0.2) is 17.6 Å². The lowest BCUT2D eigenvalue weighted by Gasteiger charge is -2.03. The molecule has 0 fully saturated rings. The molecule has 0 aliphatic heterocycles. The zero-order chi connectivity index (χ0) is 15.4. The van der Waals surface area contributed by atoms with Gasteiger partial charge in [0.25, 0.3) is 5.91 Å². The molecule has 0 atom stereocenters. The lowest BCUT2D eigenvalue weighted by atomic mass is 10.2. The van der Waals surface area contributed by atoms with E-state index in [1.807, 2.05) is 0 Å². The highest BCUT2D eigenvalue weighted by atomic mass is 32.1. The van der Waals surface area contributed by atoms with E-state index in [0.717, 1.165) is 17.7 Å². The highest BCUT2D eigenvalue weighted by Crippen LogP contribution is 2.22. The molecular weight excluding hydrogens is 296 g/mol. The summed E-state index contributed by atoms with van der Waals surface area (Å²) in [6.07, 6.45) is 0. The van der Waals surface area contributed by atoms with Crippen molar-refractivity contribution in [2.75, 3.05) is 11.9 Å². The molecule has 0 aliphatic rings. The van der Waals surface area contributed by atoms with Crippen molar-refractivity contribution in [2.45, 2.75) is 6.92 Å². The monoisotopic (exact) mass is 307 g/mol. The summed E-state index contributed by atoms with van der Waals surface area (Å²) in [5.41, 5.74) is 0.990. The van der Waals surface area contributed by atoms with Crippen LogP contribution in [0.15, 0.2) is 24.3 Å². The quantitative estimate of drug-likeness (QED) is 0.838. The maximum atomic E-state index is 13.1. The zero-order valence-corrected chi connectivity index (χ0v) is 11.9. The maximum absolute atomic E-state index is 13.1. The molecular formula is C15H11F2NO2S. The van der Waals surface area contributed by atoms with Crippen LogP contribution in [0.2, 0.25) is 0 Å².